The van der Waals surface area contributed by atoms with E-state index in [1.54, 1.807) is 38.5 Å². The molecule has 5 rings (SSSR count). The second-order valence-electron chi connectivity index (χ2n) is 7.89. The van der Waals surface area contributed by atoms with E-state index in [1.807, 2.05) is 60.7 Å². The van der Waals surface area contributed by atoms with Crippen LogP contribution in [0.5, 0.6) is 11.5 Å². The van der Waals surface area contributed by atoms with Gasteiger partial charge in [-0.2, -0.15) is 0 Å². The molecular formula is C28H22N2O4. The third-order valence-electron chi connectivity index (χ3n) is 5.78. The van der Waals surface area contributed by atoms with Crippen LogP contribution in [0.2, 0.25) is 0 Å². The van der Waals surface area contributed by atoms with Gasteiger partial charge in [0, 0.05) is 33.9 Å². The van der Waals surface area contributed by atoms with Crippen molar-refractivity contribution in [2.24, 2.45) is 0 Å². The van der Waals surface area contributed by atoms with E-state index < -0.39 is 11.6 Å². The van der Waals surface area contributed by atoms with Crippen LogP contribution in [0, 0.1) is 0 Å². The fourth-order valence-corrected chi connectivity index (χ4v) is 4.01. The van der Waals surface area contributed by atoms with Crippen LogP contribution in [-0.2, 0) is 0 Å². The lowest BCUT2D eigenvalue weighted by Gasteiger charge is -2.20. The average molecular weight is 450 g/mol. The summed E-state index contributed by atoms with van der Waals surface area (Å²) in [5.74, 6) is 0.556. The number of hydrogen-bond donors (Lipinski definition) is 2. The third kappa shape index (κ3) is 3.97. The Bertz CT molecular complexity index is 1280. The minimum Gasteiger partial charge on any atom is -0.497 e. The number of ketones is 2. The Morgan fingerprint density at radius 3 is 1.18 bits per heavy atom. The zero-order valence-corrected chi connectivity index (χ0v) is 18.7. The summed E-state index contributed by atoms with van der Waals surface area (Å²) in [4.78, 5) is 25.5. The highest BCUT2D eigenvalue weighted by Crippen LogP contribution is 2.38. The first-order chi connectivity index (χ1) is 16.6. The molecule has 0 aromatic heterocycles. The number of carbonyl (C=O) groups is 2. The largest absolute Gasteiger partial charge is 0.497 e. The number of nitrogens with one attached hydrogen (secondary N) is 2. The van der Waals surface area contributed by atoms with Gasteiger partial charge in [-0.1, -0.05) is 0 Å². The van der Waals surface area contributed by atoms with Crippen LogP contribution < -0.4 is 20.1 Å². The lowest BCUT2D eigenvalue weighted by atomic mass is 9.83. The number of methoxy groups -OCH3 is 2. The molecule has 0 aliphatic heterocycles. The molecule has 1 aliphatic carbocycles. The topological polar surface area (TPSA) is 76.7 Å². The molecule has 34 heavy (non-hydrogen) atoms. The van der Waals surface area contributed by atoms with Crippen molar-refractivity contribution in [3.05, 3.63) is 96.1 Å². The van der Waals surface area contributed by atoms with Crippen molar-refractivity contribution >= 4 is 34.3 Å². The lowest BCUT2D eigenvalue weighted by molar-refractivity contribution is 0.0815. The van der Waals surface area contributed by atoms with Gasteiger partial charge in [0.15, 0.2) is 0 Å². The fraction of sp³-hybridized carbons (Fsp3) is 0.0714. The molecule has 4 aromatic rings. The van der Waals surface area contributed by atoms with E-state index in [9.17, 15) is 9.59 Å². The second kappa shape index (κ2) is 8.75. The highest BCUT2D eigenvalue weighted by molar-refractivity contribution is 6.53. The normalized spacial score (nSPS) is 11.9. The quantitative estimate of drug-likeness (QED) is 0.339. The molecule has 0 saturated carbocycles. The summed E-state index contributed by atoms with van der Waals surface area (Å²) >= 11 is 0. The fourth-order valence-electron chi connectivity index (χ4n) is 4.01. The number of carbonyl (C=O) groups excluding carboxylic acids is 2. The van der Waals surface area contributed by atoms with Crippen LogP contribution in [0.4, 0.5) is 22.7 Å². The molecule has 0 radical (unpaired) electrons. The highest BCUT2D eigenvalue weighted by atomic mass is 16.5. The number of ether oxygens (including phenoxy) is 2. The van der Waals surface area contributed by atoms with E-state index in [4.69, 9.17) is 9.47 Å². The van der Waals surface area contributed by atoms with Gasteiger partial charge in [0.05, 0.1) is 14.2 Å². The molecule has 0 heterocycles. The zero-order valence-electron chi connectivity index (χ0n) is 18.7. The summed E-state index contributed by atoms with van der Waals surface area (Å²) in [6.45, 7) is 0. The summed E-state index contributed by atoms with van der Waals surface area (Å²) < 4.78 is 10.4. The predicted octanol–water partition coefficient (Wildman–Crippen LogP) is 6.24. The molecule has 0 amide bonds. The van der Waals surface area contributed by atoms with Gasteiger partial charge in [-0.25, -0.2) is 0 Å². The molecule has 2 N–H and O–H groups in total. The standard InChI is InChI=1S/C28H22N2O4/c1-33-21-9-3-17(4-10-21)29-19-7-13-23-25(15-19)26-16-20(8-14-24(26)28(32)27(23)31)30-18-5-11-22(34-2)12-6-18/h3-16,29-30H,1-2H3. The Morgan fingerprint density at radius 1 is 0.471 bits per heavy atom. The number of rotatable bonds is 6. The van der Waals surface area contributed by atoms with Crippen molar-refractivity contribution < 1.29 is 19.1 Å². The third-order valence-corrected chi connectivity index (χ3v) is 5.78. The molecule has 168 valence electrons. The van der Waals surface area contributed by atoms with Gasteiger partial charge in [0.2, 0.25) is 11.6 Å². The summed E-state index contributed by atoms with van der Waals surface area (Å²) in [6, 6.07) is 26.0. The summed E-state index contributed by atoms with van der Waals surface area (Å²) in [7, 11) is 3.25. The first kappa shape index (κ1) is 21.3. The van der Waals surface area contributed by atoms with Crippen LogP contribution in [-0.4, -0.2) is 25.8 Å². The van der Waals surface area contributed by atoms with E-state index in [-0.39, 0.29) is 0 Å². The Hall–Kier alpha value is -4.58. The van der Waals surface area contributed by atoms with Crippen LogP contribution in [0.1, 0.15) is 20.7 Å². The minimum absolute atomic E-state index is 0.402. The first-order valence-corrected chi connectivity index (χ1v) is 10.8. The molecule has 6 heteroatoms. The summed E-state index contributed by atoms with van der Waals surface area (Å²) in [5.41, 5.74) is 5.63. The number of benzene rings is 4. The molecule has 0 unspecified atom stereocenters. The molecule has 0 spiro atoms. The SMILES string of the molecule is COc1ccc(Nc2ccc3c(c2)-c2cc(Nc4ccc(OC)cc4)ccc2C(=O)C3=O)cc1. The summed E-state index contributed by atoms with van der Waals surface area (Å²) in [5, 5.41) is 6.70. The smallest absolute Gasteiger partial charge is 0.234 e. The van der Waals surface area contributed by atoms with Crippen LogP contribution in [0.15, 0.2) is 84.9 Å². The lowest BCUT2D eigenvalue weighted by Crippen LogP contribution is -2.21. The van der Waals surface area contributed by atoms with Crippen LogP contribution in [0.3, 0.4) is 0 Å². The molecule has 4 aromatic carbocycles. The van der Waals surface area contributed by atoms with Gasteiger partial charge in [-0.3, -0.25) is 9.59 Å². The maximum Gasteiger partial charge on any atom is 0.234 e. The van der Waals surface area contributed by atoms with Gasteiger partial charge in [-0.15, -0.1) is 0 Å². The molecule has 0 fully saturated rings. The monoisotopic (exact) mass is 450 g/mol. The Morgan fingerprint density at radius 2 is 0.824 bits per heavy atom. The predicted molar refractivity (Wildman–Crippen MR) is 133 cm³/mol. The first-order valence-electron chi connectivity index (χ1n) is 10.8. The van der Waals surface area contributed by atoms with Crippen molar-refractivity contribution in [3.8, 4) is 22.6 Å². The maximum absolute atomic E-state index is 12.7. The highest BCUT2D eigenvalue weighted by Gasteiger charge is 2.30. The average Bonchev–Trinajstić information content (AvgIpc) is 2.88. The maximum atomic E-state index is 12.7. The molecule has 0 bridgehead atoms. The van der Waals surface area contributed by atoms with Gasteiger partial charge in [0.1, 0.15) is 11.5 Å². The van der Waals surface area contributed by atoms with Crippen LogP contribution in [0.25, 0.3) is 11.1 Å². The second-order valence-corrected chi connectivity index (χ2v) is 7.89. The number of anilines is 4. The van der Waals surface area contributed by atoms with E-state index in [0.717, 1.165) is 45.4 Å². The molecule has 6 nitrogen and oxygen atoms in total. The molecular weight excluding hydrogens is 428 g/mol. The Kier molecular flexibility index (Phi) is 5.47. The van der Waals surface area contributed by atoms with E-state index in [0.29, 0.717) is 11.1 Å². The van der Waals surface area contributed by atoms with Gasteiger partial charge in [-0.05, 0) is 96.1 Å². The van der Waals surface area contributed by atoms with Crippen molar-refractivity contribution in [1.29, 1.82) is 0 Å². The van der Waals surface area contributed by atoms with Gasteiger partial charge < -0.3 is 20.1 Å². The van der Waals surface area contributed by atoms with E-state index in [2.05, 4.69) is 10.6 Å². The van der Waals surface area contributed by atoms with Crippen LogP contribution >= 0.6 is 0 Å². The van der Waals surface area contributed by atoms with E-state index >= 15 is 0 Å². The Labute approximate surface area is 197 Å². The molecule has 0 atom stereocenters. The zero-order chi connectivity index (χ0) is 23.7. The number of hydrogen-bond acceptors (Lipinski definition) is 6. The van der Waals surface area contributed by atoms with Crippen molar-refractivity contribution in [2.45, 2.75) is 0 Å². The van der Waals surface area contributed by atoms with Crippen molar-refractivity contribution in [1.82, 2.24) is 0 Å². The molecule has 0 saturated heterocycles. The number of fused-ring (bicyclic) bond motifs is 3. The Balaban J connectivity index is 1.50. The van der Waals surface area contributed by atoms with Gasteiger partial charge in [0.25, 0.3) is 0 Å². The van der Waals surface area contributed by atoms with Gasteiger partial charge >= 0.3 is 0 Å². The number of Topliss-reactive ketones (excluding diaryl/α,β-unsaturated/α-hetero) is 2. The molecule has 1 aliphatic rings. The van der Waals surface area contributed by atoms with Crippen molar-refractivity contribution in [2.75, 3.05) is 24.9 Å². The van der Waals surface area contributed by atoms with Crippen molar-refractivity contribution in [3.63, 3.8) is 0 Å². The van der Waals surface area contributed by atoms with E-state index in [1.165, 1.54) is 0 Å². The summed E-state index contributed by atoms with van der Waals surface area (Å²) in [6.07, 6.45) is 0. The minimum atomic E-state index is -0.491.